The summed E-state index contributed by atoms with van der Waals surface area (Å²) in [5.74, 6) is 0.885. The number of benzene rings is 1. The molecule has 116 valence electrons. The van der Waals surface area contributed by atoms with Crippen molar-refractivity contribution in [2.45, 2.75) is 33.1 Å². The lowest BCUT2D eigenvalue weighted by molar-refractivity contribution is -0.137. The number of amides is 1. The van der Waals surface area contributed by atoms with E-state index in [-0.39, 0.29) is 12.5 Å². The molecule has 1 amide bonds. The van der Waals surface area contributed by atoms with Crippen LogP contribution in [0.1, 0.15) is 31.4 Å². The minimum Gasteiger partial charge on any atom is -0.483 e. The van der Waals surface area contributed by atoms with Gasteiger partial charge in [-0.2, -0.15) is 0 Å². The SMILES string of the molecule is CCCc1cc(CC)ccc1OCC(=O)N1CCOCC1. The average Bonchev–Trinajstić information content (AvgIpc) is 2.54. The number of carbonyl (C=O) groups is 1. The van der Waals surface area contributed by atoms with Gasteiger partial charge >= 0.3 is 0 Å². The van der Waals surface area contributed by atoms with Crippen LogP contribution in [0.5, 0.6) is 5.75 Å². The smallest absolute Gasteiger partial charge is 0.260 e. The van der Waals surface area contributed by atoms with E-state index in [2.05, 4.69) is 26.0 Å². The van der Waals surface area contributed by atoms with Crippen LogP contribution < -0.4 is 4.74 Å². The molecule has 0 atom stereocenters. The summed E-state index contributed by atoms with van der Waals surface area (Å²) in [4.78, 5) is 13.9. The van der Waals surface area contributed by atoms with Gasteiger partial charge in [0.15, 0.2) is 6.61 Å². The summed E-state index contributed by atoms with van der Waals surface area (Å²) in [7, 11) is 0. The van der Waals surface area contributed by atoms with Gasteiger partial charge in [-0.25, -0.2) is 0 Å². The van der Waals surface area contributed by atoms with Gasteiger partial charge in [0.05, 0.1) is 13.2 Å². The lowest BCUT2D eigenvalue weighted by Gasteiger charge is -2.26. The molecule has 0 aromatic heterocycles. The Morgan fingerprint density at radius 1 is 1.29 bits per heavy atom. The van der Waals surface area contributed by atoms with Gasteiger partial charge in [-0.05, 0) is 30.0 Å². The van der Waals surface area contributed by atoms with Crippen LogP contribution in [-0.2, 0) is 22.4 Å². The van der Waals surface area contributed by atoms with Crippen molar-refractivity contribution >= 4 is 5.91 Å². The van der Waals surface area contributed by atoms with Crippen molar-refractivity contribution in [3.05, 3.63) is 29.3 Å². The second-order valence-corrected chi connectivity index (χ2v) is 5.33. The second kappa shape index (κ2) is 8.03. The Morgan fingerprint density at radius 2 is 2.05 bits per heavy atom. The maximum absolute atomic E-state index is 12.1. The van der Waals surface area contributed by atoms with E-state index in [0.717, 1.165) is 25.0 Å². The van der Waals surface area contributed by atoms with Crippen molar-refractivity contribution in [1.82, 2.24) is 4.90 Å². The van der Waals surface area contributed by atoms with Crippen molar-refractivity contribution < 1.29 is 14.3 Å². The van der Waals surface area contributed by atoms with E-state index in [0.29, 0.717) is 26.3 Å². The number of ether oxygens (including phenoxy) is 2. The number of rotatable bonds is 6. The highest BCUT2D eigenvalue weighted by Crippen LogP contribution is 2.22. The molecule has 0 radical (unpaired) electrons. The molecule has 0 N–H and O–H groups in total. The largest absolute Gasteiger partial charge is 0.483 e. The number of carbonyl (C=O) groups excluding carboxylic acids is 1. The molecule has 1 aromatic rings. The van der Waals surface area contributed by atoms with Gasteiger partial charge in [0.2, 0.25) is 0 Å². The van der Waals surface area contributed by atoms with Gasteiger partial charge in [0.1, 0.15) is 5.75 Å². The van der Waals surface area contributed by atoms with E-state index in [9.17, 15) is 4.79 Å². The van der Waals surface area contributed by atoms with Crippen LogP contribution in [-0.4, -0.2) is 43.7 Å². The molecule has 4 nitrogen and oxygen atoms in total. The maximum Gasteiger partial charge on any atom is 0.260 e. The fourth-order valence-corrected chi connectivity index (χ4v) is 2.50. The monoisotopic (exact) mass is 291 g/mol. The van der Waals surface area contributed by atoms with E-state index in [1.54, 1.807) is 0 Å². The summed E-state index contributed by atoms with van der Waals surface area (Å²) >= 11 is 0. The third kappa shape index (κ3) is 4.46. The summed E-state index contributed by atoms with van der Waals surface area (Å²) in [6.45, 7) is 6.99. The molecule has 4 heteroatoms. The van der Waals surface area contributed by atoms with E-state index in [1.165, 1.54) is 11.1 Å². The number of hydrogen-bond donors (Lipinski definition) is 0. The molecule has 0 saturated carbocycles. The van der Waals surface area contributed by atoms with Crippen LogP contribution in [0.15, 0.2) is 18.2 Å². The van der Waals surface area contributed by atoms with Gasteiger partial charge in [-0.15, -0.1) is 0 Å². The summed E-state index contributed by atoms with van der Waals surface area (Å²) in [5.41, 5.74) is 2.51. The first kappa shape index (κ1) is 15.8. The van der Waals surface area contributed by atoms with E-state index < -0.39 is 0 Å². The van der Waals surface area contributed by atoms with Gasteiger partial charge in [-0.1, -0.05) is 32.4 Å². The molecule has 0 bridgehead atoms. The fraction of sp³-hybridized carbons (Fsp3) is 0.588. The summed E-state index contributed by atoms with van der Waals surface area (Å²) in [5, 5.41) is 0. The molecule has 2 rings (SSSR count). The van der Waals surface area contributed by atoms with Crippen molar-refractivity contribution in [2.24, 2.45) is 0 Å². The number of aryl methyl sites for hydroxylation is 2. The topological polar surface area (TPSA) is 38.8 Å². The summed E-state index contributed by atoms with van der Waals surface area (Å²) < 4.78 is 11.0. The molecule has 0 aliphatic carbocycles. The Kier molecular flexibility index (Phi) is 6.05. The molecule has 1 aliphatic rings. The van der Waals surface area contributed by atoms with Crippen LogP contribution in [0.25, 0.3) is 0 Å². The van der Waals surface area contributed by atoms with Crippen molar-refractivity contribution in [3.63, 3.8) is 0 Å². The fourth-order valence-electron chi connectivity index (χ4n) is 2.50. The third-order valence-corrected chi connectivity index (χ3v) is 3.77. The quantitative estimate of drug-likeness (QED) is 0.808. The average molecular weight is 291 g/mol. The van der Waals surface area contributed by atoms with Crippen molar-refractivity contribution in [2.75, 3.05) is 32.9 Å². The molecule has 0 unspecified atom stereocenters. The maximum atomic E-state index is 12.1. The Hall–Kier alpha value is -1.55. The normalized spacial score (nSPS) is 15.0. The first-order valence-electron chi connectivity index (χ1n) is 7.84. The van der Waals surface area contributed by atoms with Crippen molar-refractivity contribution in [1.29, 1.82) is 0 Å². The Morgan fingerprint density at radius 3 is 2.71 bits per heavy atom. The van der Waals surface area contributed by atoms with E-state index >= 15 is 0 Å². The lowest BCUT2D eigenvalue weighted by Crippen LogP contribution is -2.43. The highest BCUT2D eigenvalue weighted by Gasteiger charge is 2.17. The lowest BCUT2D eigenvalue weighted by atomic mass is 10.0. The van der Waals surface area contributed by atoms with Gasteiger partial charge in [0.25, 0.3) is 5.91 Å². The van der Waals surface area contributed by atoms with Gasteiger partial charge < -0.3 is 14.4 Å². The third-order valence-electron chi connectivity index (χ3n) is 3.77. The van der Waals surface area contributed by atoms with Crippen LogP contribution in [0, 0.1) is 0 Å². The Bertz CT molecular complexity index is 467. The molecule has 1 aromatic carbocycles. The van der Waals surface area contributed by atoms with Crippen LogP contribution in [0.4, 0.5) is 0 Å². The second-order valence-electron chi connectivity index (χ2n) is 5.33. The summed E-state index contributed by atoms with van der Waals surface area (Å²) in [6.07, 6.45) is 3.07. The molecule has 21 heavy (non-hydrogen) atoms. The predicted octanol–water partition coefficient (Wildman–Crippen LogP) is 2.44. The number of hydrogen-bond acceptors (Lipinski definition) is 3. The molecule has 1 aliphatic heterocycles. The van der Waals surface area contributed by atoms with Crippen LogP contribution >= 0.6 is 0 Å². The number of morpholine rings is 1. The van der Waals surface area contributed by atoms with Crippen molar-refractivity contribution in [3.8, 4) is 5.75 Å². The molecule has 1 heterocycles. The Labute approximate surface area is 127 Å². The van der Waals surface area contributed by atoms with E-state index in [4.69, 9.17) is 9.47 Å². The standard InChI is InChI=1S/C17H25NO3/c1-3-5-15-12-14(4-2)6-7-16(15)21-13-17(19)18-8-10-20-11-9-18/h6-7,12H,3-5,8-11,13H2,1-2H3. The zero-order valence-corrected chi connectivity index (χ0v) is 13.1. The zero-order chi connectivity index (χ0) is 15.1. The van der Waals surface area contributed by atoms with E-state index in [1.807, 2.05) is 11.0 Å². The zero-order valence-electron chi connectivity index (χ0n) is 13.1. The first-order valence-corrected chi connectivity index (χ1v) is 7.84. The van der Waals surface area contributed by atoms with Gasteiger partial charge in [0, 0.05) is 13.1 Å². The van der Waals surface area contributed by atoms with Crippen LogP contribution in [0.3, 0.4) is 0 Å². The summed E-state index contributed by atoms with van der Waals surface area (Å²) in [6, 6.07) is 6.27. The minimum absolute atomic E-state index is 0.0420. The molecule has 1 fully saturated rings. The van der Waals surface area contributed by atoms with Crippen LogP contribution in [0.2, 0.25) is 0 Å². The predicted molar refractivity (Wildman–Crippen MR) is 82.7 cm³/mol. The highest BCUT2D eigenvalue weighted by molar-refractivity contribution is 5.77. The minimum atomic E-state index is 0.0420. The Balaban J connectivity index is 1.96. The number of nitrogens with zero attached hydrogens (tertiary/aromatic N) is 1. The molecular formula is C17H25NO3. The molecule has 0 spiro atoms. The molecular weight excluding hydrogens is 266 g/mol. The first-order chi connectivity index (χ1) is 10.2. The highest BCUT2D eigenvalue weighted by atomic mass is 16.5. The van der Waals surface area contributed by atoms with Gasteiger partial charge in [-0.3, -0.25) is 4.79 Å². The molecule has 1 saturated heterocycles.